The summed E-state index contributed by atoms with van der Waals surface area (Å²) >= 11 is 0. The number of aryl methyl sites for hydroxylation is 2. The van der Waals surface area contributed by atoms with Crippen molar-refractivity contribution >= 4 is 23.2 Å². The zero-order valence-electron chi connectivity index (χ0n) is 14.4. The van der Waals surface area contributed by atoms with Crippen LogP contribution in [0.3, 0.4) is 0 Å². The molecule has 0 aromatic heterocycles. The third kappa shape index (κ3) is 1.69. The van der Waals surface area contributed by atoms with Gasteiger partial charge in [-0.15, -0.1) is 0 Å². The average Bonchev–Trinajstić information content (AvgIpc) is 2.75. The maximum absolute atomic E-state index is 13.1. The topological polar surface area (TPSA) is 63.2 Å². The van der Waals surface area contributed by atoms with Crippen LogP contribution < -0.4 is 5.32 Å². The number of amides is 1. The van der Waals surface area contributed by atoms with Crippen LogP contribution >= 0.6 is 0 Å². The van der Waals surface area contributed by atoms with E-state index in [4.69, 9.17) is 0 Å². The summed E-state index contributed by atoms with van der Waals surface area (Å²) in [6, 6.07) is 5.81. The molecule has 2 bridgehead atoms. The molecule has 2 aliphatic carbocycles. The molecule has 1 amide bonds. The van der Waals surface area contributed by atoms with Gasteiger partial charge in [0.05, 0.1) is 0 Å². The van der Waals surface area contributed by atoms with E-state index in [1.807, 2.05) is 52.8 Å². The summed E-state index contributed by atoms with van der Waals surface area (Å²) < 4.78 is 0. The third-order valence-corrected chi connectivity index (χ3v) is 6.57. The fraction of sp³-hybridized carbons (Fsp3) is 0.526. The van der Waals surface area contributed by atoms with Crippen molar-refractivity contribution < 1.29 is 14.4 Å². The lowest BCUT2D eigenvalue weighted by Gasteiger charge is -2.37. The van der Waals surface area contributed by atoms with E-state index in [1.165, 1.54) is 0 Å². The first-order chi connectivity index (χ1) is 10.6. The van der Waals surface area contributed by atoms with Crippen molar-refractivity contribution in [3.63, 3.8) is 0 Å². The van der Waals surface area contributed by atoms with Gasteiger partial charge < -0.3 is 5.32 Å². The maximum atomic E-state index is 13.1. The van der Waals surface area contributed by atoms with Crippen LogP contribution in [0.1, 0.15) is 44.7 Å². The molecule has 2 aliphatic rings. The minimum atomic E-state index is -1.24. The molecule has 23 heavy (non-hydrogen) atoms. The number of rotatable bonds is 2. The van der Waals surface area contributed by atoms with Crippen molar-refractivity contribution in [1.29, 1.82) is 0 Å². The first kappa shape index (κ1) is 15.9. The largest absolute Gasteiger partial charge is 0.325 e. The number of benzene rings is 1. The number of nitrogens with one attached hydrogen (secondary N) is 1. The zero-order chi connectivity index (χ0) is 17.2. The van der Waals surface area contributed by atoms with Crippen LogP contribution in [0, 0.1) is 30.1 Å². The quantitative estimate of drug-likeness (QED) is 0.673. The molecule has 0 spiro atoms. The van der Waals surface area contributed by atoms with Gasteiger partial charge in [0, 0.05) is 11.1 Å². The molecule has 122 valence electrons. The fourth-order valence-corrected chi connectivity index (χ4v) is 4.37. The van der Waals surface area contributed by atoms with Gasteiger partial charge in [0.1, 0.15) is 5.41 Å². The molecule has 4 nitrogen and oxygen atoms in total. The van der Waals surface area contributed by atoms with Crippen molar-refractivity contribution in [2.45, 2.75) is 47.5 Å². The molecule has 2 saturated carbocycles. The van der Waals surface area contributed by atoms with E-state index >= 15 is 0 Å². The summed E-state index contributed by atoms with van der Waals surface area (Å²) in [5.41, 5.74) is 0.0398. The number of ketones is 2. The van der Waals surface area contributed by atoms with E-state index in [2.05, 4.69) is 5.32 Å². The van der Waals surface area contributed by atoms with Crippen molar-refractivity contribution in [1.82, 2.24) is 0 Å². The second-order valence-corrected chi connectivity index (χ2v) is 7.79. The Hall–Kier alpha value is -1.97. The molecule has 1 N–H and O–H groups in total. The van der Waals surface area contributed by atoms with Gasteiger partial charge in [0.25, 0.3) is 0 Å². The number of carbonyl (C=O) groups is 3. The number of hydrogen-bond donors (Lipinski definition) is 1. The van der Waals surface area contributed by atoms with E-state index in [-0.39, 0.29) is 11.7 Å². The fourth-order valence-electron chi connectivity index (χ4n) is 4.37. The Morgan fingerprint density at radius 3 is 2.26 bits per heavy atom. The molecule has 4 heteroatoms. The molecule has 2 atom stereocenters. The van der Waals surface area contributed by atoms with Gasteiger partial charge in [0.15, 0.2) is 0 Å². The number of fused-ring (bicyclic) bond motifs is 2. The second kappa shape index (κ2) is 4.53. The molecule has 2 fully saturated rings. The third-order valence-electron chi connectivity index (χ3n) is 6.57. The van der Waals surface area contributed by atoms with Crippen LogP contribution in [0.15, 0.2) is 18.2 Å². The normalized spacial score (nSPS) is 31.5. The number of hydrogen-bond acceptors (Lipinski definition) is 3. The Labute approximate surface area is 136 Å². The van der Waals surface area contributed by atoms with Gasteiger partial charge in [-0.25, -0.2) is 0 Å². The Morgan fingerprint density at radius 1 is 1.04 bits per heavy atom. The highest BCUT2D eigenvalue weighted by Gasteiger charge is 2.77. The molecule has 0 heterocycles. The zero-order valence-corrected chi connectivity index (χ0v) is 14.4. The Balaban J connectivity index is 2.04. The first-order valence-electron chi connectivity index (χ1n) is 8.06. The van der Waals surface area contributed by atoms with Gasteiger partial charge in [-0.3, -0.25) is 14.4 Å². The predicted octanol–water partition coefficient (Wildman–Crippen LogP) is 3.21. The van der Waals surface area contributed by atoms with E-state index < -0.39 is 22.0 Å². The van der Waals surface area contributed by atoms with Crippen LogP contribution in [-0.2, 0) is 14.4 Å². The summed E-state index contributed by atoms with van der Waals surface area (Å²) in [5, 5.41) is 2.92. The van der Waals surface area contributed by atoms with Crippen molar-refractivity contribution in [3.05, 3.63) is 29.3 Å². The van der Waals surface area contributed by atoms with E-state index in [1.54, 1.807) is 0 Å². The summed E-state index contributed by atoms with van der Waals surface area (Å²) in [6.45, 7) is 9.45. The summed E-state index contributed by atoms with van der Waals surface area (Å²) in [5.74, 6) is -1.24. The Morgan fingerprint density at radius 2 is 1.70 bits per heavy atom. The predicted molar refractivity (Wildman–Crippen MR) is 88.1 cm³/mol. The highest BCUT2D eigenvalue weighted by molar-refractivity contribution is 6.49. The lowest BCUT2D eigenvalue weighted by molar-refractivity contribution is -0.147. The van der Waals surface area contributed by atoms with Crippen LogP contribution in [0.2, 0.25) is 0 Å². The minimum Gasteiger partial charge on any atom is -0.325 e. The lowest BCUT2D eigenvalue weighted by atomic mass is 9.64. The average molecular weight is 313 g/mol. The number of carbonyl (C=O) groups excluding carboxylic acids is 3. The SMILES string of the molecule is Cc1ccc(C)c(NC(=O)[C@@]23CC[C@@](C)(C(=O)C2=O)C3(C)C)c1. The smallest absolute Gasteiger partial charge is 0.239 e. The van der Waals surface area contributed by atoms with Crippen molar-refractivity contribution in [2.24, 2.45) is 16.2 Å². The first-order valence-corrected chi connectivity index (χ1v) is 8.06. The maximum Gasteiger partial charge on any atom is 0.239 e. The van der Waals surface area contributed by atoms with E-state index in [0.717, 1.165) is 11.1 Å². The van der Waals surface area contributed by atoms with Gasteiger partial charge in [-0.1, -0.05) is 32.9 Å². The van der Waals surface area contributed by atoms with Crippen LogP contribution in [0.5, 0.6) is 0 Å². The van der Waals surface area contributed by atoms with E-state index in [0.29, 0.717) is 18.5 Å². The molecule has 1 aromatic carbocycles. The number of Topliss-reactive ketones (excluding diaryl/α,β-unsaturated/α-hetero) is 2. The molecule has 1 aromatic rings. The molecule has 0 saturated heterocycles. The highest BCUT2D eigenvalue weighted by Crippen LogP contribution is 2.69. The standard InChI is InChI=1S/C19H23NO3/c1-11-6-7-12(2)13(10-11)20-16(23)19-9-8-18(5,17(19,3)4)14(21)15(19)22/h6-7,10H,8-9H2,1-5H3,(H,20,23)/t18-,19+/m0/s1. The van der Waals surface area contributed by atoms with E-state index in [9.17, 15) is 14.4 Å². The molecule has 0 unspecified atom stereocenters. The monoisotopic (exact) mass is 313 g/mol. The minimum absolute atomic E-state index is 0.337. The summed E-state index contributed by atoms with van der Waals surface area (Å²) in [7, 11) is 0. The van der Waals surface area contributed by atoms with Crippen molar-refractivity contribution in [3.8, 4) is 0 Å². The number of anilines is 1. The molecule has 0 aliphatic heterocycles. The van der Waals surface area contributed by atoms with Crippen LogP contribution in [0.4, 0.5) is 5.69 Å². The molecule has 0 radical (unpaired) electrons. The summed E-state index contributed by atoms with van der Waals surface area (Å²) in [6.07, 6.45) is 1.03. The molecular weight excluding hydrogens is 290 g/mol. The molecule has 3 rings (SSSR count). The van der Waals surface area contributed by atoms with Crippen LogP contribution in [-0.4, -0.2) is 17.5 Å². The summed E-state index contributed by atoms with van der Waals surface area (Å²) in [4.78, 5) is 38.2. The van der Waals surface area contributed by atoms with Gasteiger partial charge >= 0.3 is 0 Å². The Bertz CT molecular complexity index is 749. The Kier molecular flexibility index (Phi) is 3.13. The highest BCUT2D eigenvalue weighted by atomic mass is 16.2. The lowest BCUT2D eigenvalue weighted by Crippen LogP contribution is -2.47. The second-order valence-electron chi connectivity index (χ2n) is 7.79. The molecular formula is C19H23NO3. The van der Waals surface area contributed by atoms with Crippen LogP contribution in [0.25, 0.3) is 0 Å². The van der Waals surface area contributed by atoms with Gasteiger partial charge in [-0.05, 0) is 49.3 Å². The van der Waals surface area contributed by atoms with Gasteiger partial charge in [0.2, 0.25) is 17.5 Å². The van der Waals surface area contributed by atoms with Crippen molar-refractivity contribution in [2.75, 3.05) is 5.32 Å². The van der Waals surface area contributed by atoms with Gasteiger partial charge in [-0.2, -0.15) is 0 Å².